The van der Waals surface area contributed by atoms with E-state index >= 15 is 0 Å². The van der Waals surface area contributed by atoms with Crippen LogP contribution in [0.5, 0.6) is 5.75 Å². The predicted molar refractivity (Wildman–Crippen MR) is 87.0 cm³/mol. The third-order valence-electron chi connectivity index (χ3n) is 3.52. The van der Waals surface area contributed by atoms with Gasteiger partial charge in [-0.1, -0.05) is 42.5 Å². The van der Waals surface area contributed by atoms with Gasteiger partial charge in [0.25, 0.3) is 0 Å². The maximum absolute atomic E-state index is 10.7. The van der Waals surface area contributed by atoms with Crippen LogP contribution in [0.15, 0.2) is 60.7 Å². The molecule has 0 heterocycles. The van der Waals surface area contributed by atoms with Crippen LogP contribution in [-0.2, 0) is 4.74 Å². The van der Waals surface area contributed by atoms with E-state index in [0.29, 0.717) is 11.1 Å². The number of phenolic OH excluding ortho intramolecular Hbond substituents is 1. The Morgan fingerprint density at radius 1 is 0.957 bits per heavy atom. The van der Waals surface area contributed by atoms with E-state index in [9.17, 15) is 9.90 Å². The number of hydrogen-bond acceptors (Lipinski definition) is 4. The molecular formula is C18H13NO4. The summed E-state index contributed by atoms with van der Waals surface area (Å²) in [5.41, 5.74) is 1.61. The SMILES string of the molecule is N=C(OC(=O)O)c1ccc(O)cc1-c1cccc2ccccc12. The van der Waals surface area contributed by atoms with Gasteiger partial charge in [-0.3, -0.25) is 5.41 Å². The van der Waals surface area contributed by atoms with E-state index in [2.05, 4.69) is 4.74 Å². The number of aromatic hydroxyl groups is 1. The van der Waals surface area contributed by atoms with Crippen molar-refractivity contribution >= 4 is 22.8 Å². The molecule has 114 valence electrons. The molecular weight excluding hydrogens is 294 g/mol. The Hall–Kier alpha value is -3.34. The molecule has 0 unspecified atom stereocenters. The van der Waals surface area contributed by atoms with Gasteiger partial charge >= 0.3 is 6.16 Å². The zero-order valence-corrected chi connectivity index (χ0v) is 12.0. The highest BCUT2D eigenvalue weighted by Gasteiger charge is 2.16. The van der Waals surface area contributed by atoms with Crippen molar-refractivity contribution in [2.45, 2.75) is 0 Å². The summed E-state index contributed by atoms with van der Waals surface area (Å²) < 4.78 is 4.47. The second kappa shape index (κ2) is 5.81. The van der Waals surface area contributed by atoms with E-state index in [1.165, 1.54) is 18.2 Å². The number of ether oxygens (including phenoxy) is 1. The highest BCUT2D eigenvalue weighted by molar-refractivity contribution is 6.07. The molecule has 0 fully saturated rings. The van der Waals surface area contributed by atoms with Gasteiger partial charge in [0, 0.05) is 5.56 Å². The molecule has 0 aromatic heterocycles. The highest BCUT2D eigenvalue weighted by atomic mass is 16.7. The van der Waals surface area contributed by atoms with Gasteiger partial charge in [-0.2, -0.15) is 0 Å². The lowest BCUT2D eigenvalue weighted by atomic mass is 9.94. The molecule has 0 aliphatic heterocycles. The van der Waals surface area contributed by atoms with Crippen LogP contribution in [-0.4, -0.2) is 22.3 Å². The summed E-state index contributed by atoms with van der Waals surface area (Å²) in [6.07, 6.45) is -1.55. The minimum absolute atomic E-state index is 0.0276. The molecule has 5 heteroatoms. The van der Waals surface area contributed by atoms with E-state index in [-0.39, 0.29) is 5.75 Å². The Labute approximate surface area is 131 Å². The molecule has 3 aromatic rings. The molecule has 0 aliphatic rings. The average molecular weight is 307 g/mol. The van der Waals surface area contributed by atoms with Gasteiger partial charge in [0.1, 0.15) is 5.75 Å². The molecule has 0 radical (unpaired) electrons. The first-order chi connectivity index (χ1) is 11.1. The van der Waals surface area contributed by atoms with Crippen molar-refractivity contribution in [3.63, 3.8) is 0 Å². The summed E-state index contributed by atoms with van der Waals surface area (Å²) in [5.74, 6) is -0.458. The first-order valence-electron chi connectivity index (χ1n) is 6.87. The molecule has 0 bridgehead atoms. The summed E-state index contributed by atoms with van der Waals surface area (Å²) in [5, 5.41) is 28.3. The van der Waals surface area contributed by atoms with Crippen LogP contribution in [0.4, 0.5) is 4.79 Å². The lowest BCUT2D eigenvalue weighted by Crippen LogP contribution is -2.11. The van der Waals surface area contributed by atoms with Crippen LogP contribution in [0, 0.1) is 5.41 Å². The minimum atomic E-state index is -1.55. The van der Waals surface area contributed by atoms with Crippen LogP contribution in [0.1, 0.15) is 5.56 Å². The Morgan fingerprint density at radius 2 is 1.70 bits per heavy atom. The summed E-state index contributed by atoms with van der Waals surface area (Å²) in [4.78, 5) is 10.7. The molecule has 0 aliphatic carbocycles. The van der Waals surface area contributed by atoms with Gasteiger partial charge in [-0.15, -0.1) is 0 Å². The summed E-state index contributed by atoms with van der Waals surface area (Å²) in [6, 6.07) is 17.7. The fraction of sp³-hybridized carbons (Fsp3) is 0. The van der Waals surface area contributed by atoms with Gasteiger partial charge < -0.3 is 14.9 Å². The molecule has 0 saturated heterocycles. The van der Waals surface area contributed by atoms with Crippen molar-refractivity contribution in [3.05, 3.63) is 66.2 Å². The Bertz CT molecular complexity index is 913. The number of hydrogen-bond donors (Lipinski definition) is 3. The molecule has 0 amide bonds. The van der Waals surface area contributed by atoms with Crippen molar-refractivity contribution in [3.8, 4) is 16.9 Å². The number of carboxylic acid groups (broad SMARTS) is 1. The van der Waals surface area contributed by atoms with Gasteiger partial charge in [0.2, 0.25) is 5.90 Å². The maximum atomic E-state index is 10.7. The summed E-state index contributed by atoms with van der Waals surface area (Å²) in [6.45, 7) is 0. The summed E-state index contributed by atoms with van der Waals surface area (Å²) in [7, 11) is 0. The second-order valence-corrected chi connectivity index (χ2v) is 4.95. The number of rotatable bonds is 2. The molecule has 0 atom stereocenters. The first kappa shape index (κ1) is 14.6. The van der Waals surface area contributed by atoms with Gasteiger partial charge in [-0.25, -0.2) is 4.79 Å². The Morgan fingerprint density at radius 3 is 2.48 bits per heavy atom. The third-order valence-corrected chi connectivity index (χ3v) is 3.52. The van der Waals surface area contributed by atoms with Gasteiger partial charge in [-0.05, 0) is 40.1 Å². The van der Waals surface area contributed by atoms with Crippen molar-refractivity contribution < 1.29 is 19.7 Å². The van der Waals surface area contributed by atoms with Crippen LogP contribution < -0.4 is 0 Å². The second-order valence-electron chi connectivity index (χ2n) is 4.95. The van der Waals surface area contributed by atoms with Crippen LogP contribution >= 0.6 is 0 Å². The van der Waals surface area contributed by atoms with Gasteiger partial charge in [0.05, 0.1) is 0 Å². The quantitative estimate of drug-likeness (QED) is 0.375. The van der Waals surface area contributed by atoms with Crippen LogP contribution in [0.3, 0.4) is 0 Å². The number of fused-ring (bicyclic) bond motifs is 1. The molecule has 0 spiro atoms. The van der Waals surface area contributed by atoms with Gasteiger partial charge in [0.15, 0.2) is 0 Å². The van der Waals surface area contributed by atoms with Crippen LogP contribution in [0.2, 0.25) is 0 Å². The van der Waals surface area contributed by atoms with E-state index in [1.54, 1.807) is 0 Å². The monoisotopic (exact) mass is 307 g/mol. The zero-order chi connectivity index (χ0) is 16.4. The van der Waals surface area contributed by atoms with Crippen LogP contribution in [0.25, 0.3) is 21.9 Å². The molecule has 5 nitrogen and oxygen atoms in total. The largest absolute Gasteiger partial charge is 0.512 e. The average Bonchev–Trinajstić information content (AvgIpc) is 2.53. The zero-order valence-electron chi connectivity index (χ0n) is 12.0. The molecule has 3 aromatic carbocycles. The fourth-order valence-electron chi connectivity index (χ4n) is 2.56. The molecule has 23 heavy (non-hydrogen) atoms. The lowest BCUT2D eigenvalue weighted by Gasteiger charge is -2.12. The molecule has 3 rings (SSSR count). The smallest absolute Gasteiger partial charge is 0.508 e. The van der Waals surface area contributed by atoms with E-state index in [1.807, 2.05) is 42.5 Å². The normalized spacial score (nSPS) is 10.4. The maximum Gasteiger partial charge on any atom is 0.512 e. The van der Waals surface area contributed by atoms with E-state index < -0.39 is 12.1 Å². The number of nitrogens with one attached hydrogen (secondary N) is 1. The minimum Gasteiger partial charge on any atom is -0.508 e. The van der Waals surface area contributed by atoms with E-state index in [4.69, 9.17) is 10.5 Å². The van der Waals surface area contributed by atoms with Crippen molar-refractivity contribution in [2.75, 3.05) is 0 Å². The number of benzene rings is 3. The van der Waals surface area contributed by atoms with E-state index in [0.717, 1.165) is 16.3 Å². The van der Waals surface area contributed by atoms with Crippen molar-refractivity contribution in [1.82, 2.24) is 0 Å². The third kappa shape index (κ3) is 2.85. The standard InChI is InChI=1S/C18H13NO4/c19-17(23-18(21)22)15-9-8-12(20)10-16(15)14-7-3-5-11-4-1-2-6-13(11)14/h1-10,19-20H,(H,21,22). The predicted octanol–water partition coefficient (Wildman–Crippen LogP) is 4.23. The number of carbonyl (C=O) groups is 1. The summed E-state index contributed by atoms with van der Waals surface area (Å²) >= 11 is 0. The van der Waals surface area contributed by atoms with Crippen molar-refractivity contribution in [1.29, 1.82) is 5.41 Å². The highest BCUT2D eigenvalue weighted by Crippen LogP contribution is 2.33. The topological polar surface area (TPSA) is 90.6 Å². The lowest BCUT2D eigenvalue weighted by molar-refractivity contribution is 0.140. The fourth-order valence-corrected chi connectivity index (χ4v) is 2.56. The molecule has 0 saturated carbocycles. The van der Waals surface area contributed by atoms with Crippen molar-refractivity contribution in [2.24, 2.45) is 0 Å². The molecule has 3 N–H and O–H groups in total. The number of phenols is 1. The Balaban J connectivity index is 2.24. The Kier molecular flexibility index (Phi) is 3.68. The first-order valence-corrected chi connectivity index (χ1v) is 6.87.